The topological polar surface area (TPSA) is 82.6 Å². The minimum Gasteiger partial charge on any atom is -0.342 e. The van der Waals surface area contributed by atoms with Gasteiger partial charge < -0.3 is 15.1 Å². The normalized spacial score (nSPS) is 19.5. The number of nitrogens with zero attached hydrogens (tertiary/aromatic N) is 3. The van der Waals surface area contributed by atoms with Gasteiger partial charge in [-0.25, -0.2) is 4.98 Å². The van der Waals surface area contributed by atoms with E-state index < -0.39 is 0 Å². The highest BCUT2D eigenvalue weighted by Gasteiger charge is 2.38. The van der Waals surface area contributed by atoms with Gasteiger partial charge in [0.2, 0.25) is 17.7 Å². The minimum absolute atomic E-state index is 0.0119. The average molecular weight is 421 g/mol. The van der Waals surface area contributed by atoms with Crippen LogP contribution in [0.4, 0.5) is 11.5 Å². The molecule has 2 aliphatic heterocycles. The zero-order valence-corrected chi connectivity index (χ0v) is 18.0. The molecule has 3 amide bonds. The van der Waals surface area contributed by atoms with Crippen LogP contribution in [0.3, 0.4) is 0 Å². The molecule has 162 valence electrons. The molecule has 0 bridgehead atoms. The fourth-order valence-corrected chi connectivity index (χ4v) is 4.31. The zero-order valence-electron chi connectivity index (χ0n) is 18.0. The molecule has 0 radical (unpaired) electrons. The summed E-state index contributed by atoms with van der Waals surface area (Å²) >= 11 is 0. The van der Waals surface area contributed by atoms with Crippen LogP contribution < -0.4 is 10.2 Å². The third-order valence-corrected chi connectivity index (χ3v) is 6.14. The number of hydrogen-bond acceptors (Lipinski definition) is 4. The second-order valence-corrected chi connectivity index (χ2v) is 8.49. The van der Waals surface area contributed by atoms with Crippen LogP contribution >= 0.6 is 0 Å². The van der Waals surface area contributed by atoms with Crippen molar-refractivity contribution in [3.05, 3.63) is 53.7 Å². The highest BCUT2D eigenvalue weighted by Crippen LogP contribution is 2.28. The number of aromatic nitrogens is 1. The summed E-state index contributed by atoms with van der Waals surface area (Å²) in [5, 5.41) is 2.88. The van der Waals surface area contributed by atoms with Crippen LogP contribution in [-0.4, -0.2) is 47.2 Å². The first-order valence-electron chi connectivity index (χ1n) is 10.8. The highest BCUT2D eigenvalue weighted by atomic mass is 16.2. The maximum Gasteiger partial charge on any atom is 0.228 e. The van der Waals surface area contributed by atoms with E-state index in [2.05, 4.69) is 10.3 Å². The summed E-state index contributed by atoms with van der Waals surface area (Å²) < 4.78 is 0. The van der Waals surface area contributed by atoms with Crippen LogP contribution in [-0.2, 0) is 14.4 Å². The van der Waals surface area contributed by atoms with Crippen molar-refractivity contribution in [1.29, 1.82) is 0 Å². The van der Waals surface area contributed by atoms with Crippen LogP contribution in [0, 0.1) is 25.7 Å². The van der Waals surface area contributed by atoms with Gasteiger partial charge in [0, 0.05) is 43.4 Å². The number of pyridine rings is 1. The number of benzene rings is 1. The summed E-state index contributed by atoms with van der Waals surface area (Å²) in [6.45, 7) is 5.37. The first-order valence-corrected chi connectivity index (χ1v) is 10.8. The van der Waals surface area contributed by atoms with Gasteiger partial charge in [-0.2, -0.15) is 0 Å². The van der Waals surface area contributed by atoms with Crippen molar-refractivity contribution in [3.63, 3.8) is 0 Å². The summed E-state index contributed by atoms with van der Waals surface area (Å²) in [5.74, 6) is 0.0524. The molecule has 1 aromatic carbocycles. The summed E-state index contributed by atoms with van der Waals surface area (Å²) in [4.78, 5) is 45.9. The number of aryl methyl sites for hydroxylation is 2. The summed E-state index contributed by atoms with van der Waals surface area (Å²) in [6.07, 6.45) is 1.48. The predicted molar refractivity (Wildman–Crippen MR) is 119 cm³/mol. The van der Waals surface area contributed by atoms with Gasteiger partial charge in [0.1, 0.15) is 5.82 Å². The molecule has 7 nitrogen and oxygen atoms in total. The van der Waals surface area contributed by atoms with Crippen molar-refractivity contribution in [2.45, 2.75) is 33.1 Å². The van der Waals surface area contributed by atoms with E-state index in [9.17, 15) is 14.4 Å². The van der Waals surface area contributed by atoms with E-state index in [-0.39, 0.29) is 36.0 Å². The molecule has 0 aliphatic carbocycles. The Labute approximate surface area is 182 Å². The Morgan fingerprint density at radius 1 is 1.00 bits per heavy atom. The fourth-order valence-electron chi connectivity index (χ4n) is 4.31. The molecule has 1 N–H and O–H groups in total. The Hall–Kier alpha value is -3.22. The Balaban J connectivity index is 1.30. The molecule has 2 saturated heterocycles. The molecular weight excluding hydrogens is 392 g/mol. The molecule has 4 rings (SSSR count). The van der Waals surface area contributed by atoms with Gasteiger partial charge >= 0.3 is 0 Å². The molecule has 2 aromatic rings. The highest BCUT2D eigenvalue weighted by molar-refractivity contribution is 6.00. The van der Waals surface area contributed by atoms with E-state index >= 15 is 0 Å². The van der Waals surface area contributed by atoms with E-state index in [1.54, 1.807) is 11.0 Å². The summed E-state index contributed by atoms with van der Waals surface area (Å²) in [5.41, 5.74) is 2.82. The third-order valence-electron chi connectivity index (χ3n) is 6.14. The molecule has 0 saturated carbocycles. The summed E-state index contributed by atoms with van der Waals surface area (Å²) in [6, 6.07) is 13.3. The van der Waals surface area contributed by atoms with E-state index in [1.807, 2.05) is 55.1 Å². The molecule has 1 aromatic heterocycles. The van der Waals surface area contributed by atoms with E-state index in [4.69, 9.17) is 0 Å². The minimum atomic E-state index is -0.323. The number of nitrogens with one attached hydrogen (secondary N) is 1. The van der Waals surface area contributed by atoms with Gasteiger partial charge in [-0.05, 0) is 51.0 Å². The lowest BCUT2D eigenvalue weighted by Crippen LogP contribution is -2.44. The van der Waals surface area contributed by atoms with Crippen LogP contribution in [0.2, 0.25) is 0 Å². The van der Waals surface area contributed by atoms with Crippen LogP contribution in [0.1, 0.15) is 30.5 Å². The maximum atomic E-state index is 13.0. The molecule has 31 heavy (non-hydrogen) atoms. The van der Waals surface area contributed by atoms with Crippen molar-refractivity contribution in [2.24, 2.45) is 11.8 Å². The lowest BCUT2D eigenvalue weighted by molar-refractivity contribution is -0.138. The van der Waals surface area contributed by atoms with Crippen LogP contribution in [0.15, 0.2) is 42.5 Å². The lowest BCUT2D eigenvalue weighted by Gasteiger charge is -2.32. The largest absolute Gasteiger partial charge is 0.342 e. The molecule has 3 heterocycles. The van der Waals surface area contributed by atoms with E-state index in [0.29, 0.717) is 38.3 Å². The SMILES string of the molecule is Cc1ccc(N2C[C@H](C(=O)N3CCC(C(=O)Nc4cccc(C)n4)CC3)CC2=O)cc1. The molecular formula is C24H28N4O3. The molecule has 0 spiro atoms. The number of rotatable bonds is 4. The Morgan fingerprint density at radius 2 is 1.71 bits per heavy atom. The number of likely N-dealkylation sites (tertiary alicyclic amines) is 1. The number of piperidine rings is 1. The van der Waals surface area contributed by atoms with Crippen molar-refractivity contribution in [1.82, 2.24) is 9.88 Å². The number of hydrogen-bond donors (Lipinski definition) is 1. The molecule has 0 unspecified atom stereocenters. The zero-order chi connectivity index (χ0) is 22.0. The monoisotopic (exact) mass is 420 g/mol. The molecule has 2 aliphatic rings. The van der Waals surface area contributed by atoms with Crippen molar-refractivity contribution < 1.29 is 14.4 Å². The first-order chi connectivity index (χ1) is 14.9. The van der Waals surface area contributed by atoms with Crippen molar-refractivity contribution >= 4 is 29.2 Å². The predicted octanol–water partition coefficient (Wildman–Crippen LogP) is 2.93. The Morgan fingerprint density at radius 3 is 2.39 bits per heavy atom. The van der Waals surface area contributed by atoms with Crippen molar-refractivity contribution in [3.8, 4) is 0 Å². The van der Waals surface area contributed by atoms with Crippen LogP contribution in [0.5, 0.6) is 0 Å². The quantitative estimate of drug-likeness (QED) is 0.825. The smallest absolute Gasteiger partial charge is 0.228 e. The number of amides is 3. The average Bonchev–Trinajstić information content (AvgIpc) is 3.15. The first kappa shape index (κ1) is 21.0. The third kappa shape index (κ3) is 4.76. The van der Waals surface area contributed by atoms with E-state index in [1.165, 1.54) is 0 Å². The molecule has 2 fully saturated rings. The van der Waals surface area contributed by atoms with Gasteiger partial charge in [-0.15, -0.1) is 0 Å². The van der Waals surface area contributed by atoms with Crippen molar-refractivity contribution in [2.75, 3.05) is 29.9 Å². The molecule has 1 atom stereocenters. The molecule has 7 heteroatoms. The number of carbonyl (C=O) groups excluding carboxylic acids is 3. The summed E-state index contributed by atoms with van der Waals surface area (Å²) in [7, 11) is 0. The van der Waals surface area contributed by atoms with Crippen LogP contribution in [0.25, 0.3) is 0 Å². The second-order valence-electron chi connectivity index (χ2n) is 8.49. The second kappa shape index (κ2) is 8.88. The van der Waals surface area contributed by atoms with Gasteiger partial charge in [0.15, 0.2) is 0 Å². The number of carbonyl (C=O) groups is 3. The fraction of sp³-hybridized carbons (Fsp3) is 0.417. The standard InChI is InChI=1S/C24H28N4O3/c1-16-6-8-20(9-7-16)28-15-19(14-22(28)29)24(31)27-12-10-18(11-13-27)23(30)26-21-5-3-4-17(2)25-21/h3-9,18-19H,10-15H2,1-2H3,(H,25,26,30)/t19-/m1/s1. The van der Waals surface area contributed by atoms with Gasteiger partial charge in [-0.3, -0.25) is 14.4 Å². The van der Waals surface area contributed by atoms with Gasteiger partial charge in [0.05, 0.1) is 5.92 Å². The lowest BCUT2D eigenvalue weighted by atomic mass is 9.94. The van der Waals surface area contributed by atoms with E-state index in [0.717, 1.165) is 16.9 Å². The Bertz CT molecular complexity index is 981. The Kier molecular flexibility index (Phi) is 6.02. The van der Waals surface area contributed by atoms with Gasteiger partial charge in [0.25, 0.3) is 0 Å². The number of anilines is 2. The maximum absolute atomic E-state index is 13.0. The van der Waals surface area contributed by atoms with Gasteiger partial charge in [-0.1, -0.05) is 23.8 Å².